The van der Waals surface area contributed by atoms with E-state index in [0.29, 0.717) is 23.7 Å². The maximum atomic E-state index is 12.3. The Kier molecular flexibility index (Phi) is 6.31. The van der Waals surface area contributed by atoms with Crippen LogP contribution in [0.1, 0.15) is 24.2 Å². The molecule has 0 aliphatic heterocycles. The lowest BCUT2D eigenvalue weighted by atomic mass is 10.2. The van der Waals surface area contributed by atoms with E-state index < -0.39 is 0 Å². The zero-order chi connectivity index (χ0) is 14.4. The van der Waals surface area contributed by atoms with Crippen LogP contribution in [0.2, 0.25) is 5.02 Å². The maximum absolute atomic E-state index is 12.3. The van der Waals surface area contributed by atoms with Crippen LogP contribution in [-0.2, 0) is 4.79 Å². The zero-order valence-corrected chi connectivity index (χ0v) is 13.2. The third-order valence-electron chi connectivity index (χ3n) is 2.49. The Morgan fingerprint density at radius 2 is 2.00 bits per heavy atom. The summed E-state index contributed by atoms with van der Waals surface area (Å²) in [7, 11) is 0. The van der Waals surface area contributed by atoms with E-state index in [1.165, 1.54) is 4.90 Å². The van der Waals surface area contributed by atoms with Gasteiger partial charge >= 0.3 is 0 Å². The molecule has 6 heteroatoms. The number of nitrogens with one attached hydrogen (secondary N) is 1. The summed E-state index contributed by atoms with van der Waals surface area (Å²) in [6.45, 7) is 4.72. The van der Waals surface area contributed by atoms with Gasteiger partial charge in [-0.05, 0) is 32.0 Å². The van der Waals surface area contributed by atoms with Gasteiger partial charge in [0.15, 0.2) is 0 Å². The molecule has 0 spiro atoms. The summed E-state index contributed by atoms with van der Waals surface area (Å²) in [6, 6.07) is 4.99. The van der Waals surface area contributed by atoms with E-state index in [2.05, 4.69) is 21.2 Å². The molecule has 1 aromatic carbocycles. The largest absolute Gasteiger partial charge is 0.355 e. The average molecular weight is 348 g/mol. The molecule has 4 nitrogen and oxygen atoms in total. The highest BCUT2D eigenvalue weighted by Crippen LogP contribution is 2.20. The van der Waals surface area contributed by atoms with Crippen molar-refractivity contribution in [2.75, 3.05) is 19.6 Å². The molecule has 0 aliphatic rings. The molecule has 0 fully saturated rings. The van der Waals surface area contributed by atoms with Crippen LogP contribution >= 0.6 is 27.5 Å². The first-order valence-corrected chi connectivity index (χ1v) is 7.17. The molecule has 1 N–H and O–H groups in total. The summed E-state index contributed by atoms with van der Waals surface area (Å²) in [5.41, 5.74) is 0.463. The topological polar surface area (TPSA) is 49.4 Å². The first-order chi connectivity index (χ1) is 8.97. The van der Waals surface area contributed by atoms with Gasteiger partial charge in [-0.1, -0.05) is 27.5 Å². The molecule has 0 unspecified atom stereocenters. The molecule has 1 rings (SSSR count). The third-order valence-corrected chi connectivity index (χ3v) is 3.16. The van der Waals surface area contributed by atoms with E-state index in [0.717, 1.165) is 4.47 Å². The molecule has 0 bridgehead atoms. The summed E-state index contributed by atoms with van der Waals surface area (Å²) in [4.78, 5) is 25.3. The number of hydrogen-bond donors (Lipinski definition) is 1. The molecule has 0 aromatic heterocycles. The van der Waals surface area contributed by atoms with Gasteiger partial charge in [-0.15, -0.1) is 0 Å². The van der Waals surface area contributed by atoms with Gasteiger partial charge in [0.2, 0.25) is 5.91 Å². The number of benzene rings is 1. The summed E-state index contributed by atoms with van der Waals surface area (Å²) in [5.74, 6) is -0.379. The average Bonchev–Trinajstić information content (AvgIpc) is 2.34. The van der Waals surface area contributed by atoms with Crippen LogP contribution in [0.3, 0.4) is 0 Å². The van der Waals surface area contributed by atoms with E-state index >= 15 is 0 Å². The quantitative estimate of drug-likeness (QED) is 0.890. The van der Waals surface area contributed by atoms with Crippen molar-refractivity contribution in [3.63, 3.8) is 0 Å². The fraction of sp³-hybridized carbons (Fsp3) is 0.385. The molecular weight excluding hydrogens is 332 g/mol. The zero-order valence-electron chi connectivity index (χ0n) is 10.9. The van der Waals surface area contributed by atoms with Crippen molar-refractivity contribution in [3.05, 3.63) is 33.3 Å². The molecule has 0 saturated heterocycles. The third kappa shape index (κ3) is 4.84. The molecule has 0 radical (unpaired) electrons. The number of nitrogens with zero attached hydrogens (tertiary/aromatic N) is 1. The summed E-state index contributed by atoms with van der Waals surface area (Å²) >= 11 is 9.21. The van der Waals surface area contributed by atoms with Crippen LogP contribution in [-0.4, -0.2) is 36.3 Å². The van der Waals surface area contributed by atoms with Gasteiger partial charge in [0.25, 0.3) is 5.91 Å². The number of likely N-dealkylation sites (N-methyl/N-ethyl adjacent to an activating group) is 2. The predicted octanol–water partition coefficient (Wildman–Crippen LogP) is 2.70. The summed E-state index contributed by atoms with van der Waals surface area (Å²) < 4.78 is 0.734. The minimum Gasteiger partial charge on any atom is -0.355 e. The Morgan fingerprint density at radius 3 is 2.53 bits per heavy atom. The second-order valence-electron chi connectivity index (χ2n) is 3.93. The van der Waals surface area contributed by atoms with Crippen LogP contribution in [0.15, 0.2) is 22.7 Å². The monoisotopic (exact) mass is 346 g/mol. The van der Waals surface area contributed by atoms with Crippen molar-refractivity contribution in [2.45, 2.75) is 13.8 Å². The molecule has 0 aliphatic carbocycles. The normalized spacial score (nSPS) is 10.1. The molecule has 0 atom stereocenters. The van der Waals surface area contributed by atoms with Crippen LogP contribution in [0.5, 0.6) is 0 Å². The number of halogens is 2. The van der Waals surface area contributed by atoms with E-state index in [4.69, 9.17) is 11.6 Å². The second kappa shape index (κ2) is 7.50. The number of rotatable bonds is 5. The Labute approximate surface area is 126 Å². The van der Waals surface area contributed by atoms with Crippen LogP contribution in [0.25, 0.3) is 0 Å². The fourth-order valence-electron chi connectivity index (χ4n) is 1.61. The Bertz CT molecular complexity index is 459. The number of carbonyl (C=O) groups is 2. The van der Waals surface area contributed by atoms with Crippen molar-refractivity contribution in [1.82, 2.24) is 10.2 Å². The van der Waals surface area contributed by atoms with Gasteiger partial charge in [-0.3, -0.25) is 9.59 Å². The molecule has 0 heterocycles. The highest BCUT2D eigenvalue weighted by atomic mass is 79.9. The Morgan fingerprint density at radius 1 is 1.32 bits per heavy atom. The van der Waals surface area contributed by atoms with E-state index in [1.807, 2.05) is 13.8 Å². The molecule has 19 heavy (non-hydrogen) atoms. The molecule has 2 amide bonds. The van der Waals surface area contributed by atoms with Crippen LogP contribution in [0, 0.1) is 0 Å². The van der Waals surface area contributed by atoms with Crippen LogP contribution in [0.4, 0.5) is 0 Å². The van der Waals surface area contributed by atoms with Crippen molar-refractivity contribution < 1.29 is 9.59 Å². The van der Waals surface area contributed by atoms with E-state index in [-0.39, 0.29) is 18.4 Å². The minimum atomic E-state index is -0.211. The lowest BCUT2D eigenvalue weighted by Gasteiger charge is -2.20. The minimum absolute atomic E-state index is 0.0489. The van der Waals surface area contributed by atoms with Gasteiger partial charge in [0.1, 0.15) is 0 Å². The maximum Gasteiger partial charge on any atom is 0.254 e. The van der Waals surface area contributed by atoms with Crippen LogP contribution < -0.4 is 5.32 Å². The van der Waals surface area contributed by atoms with Gasteiger partial charge in [-0.25, -0.2) is 0 Å². The highest BCUT2D eigenvalue weighted by molar-refractivity contribution is 9.10. The molecule has 1 aromatic rings. The standard InChI is InChI=1S/C13H16BrClN2O2/c1-3-16-12(18)8-17(4-2)13(19)9-5-10(14)7-11(15)6-9/h5-7H,3-4,8H2,1-2H3,(H,16,18). The summed E-state index contributed by atoms with van der Waals surface area (Å²) in [6.07, 6.45) is 0. The van der Waals surface area contributed by atoms with Gasteiger partial charge in [-0.2, -0.15) is 0 Å². The van der Waals surface area contributed by atoms with Crippen molar-refractivity contribution >= 4 is 39.3 Å². The Hall–Kier alpha value is -1.07. The lowest BCUT2D eigenvalue weighted by Crippen LogP contribution is -2.40. The second-order valence-corrected chi connectivity index (χ2v) is 5.28. The predicted molar refractivity (Wildman–Crippen MR) is 79.4 cm³/mol. The summed E-state index contributed by atoms with van der Waals surface area (Å²) in [5, 5.41) is 3.15. The van der Waals surface area contributed by atoms with Crippen molar-refractivity contribution in [2.24, 2.45) is 0 Å². The fourth-order valence-corrected chi connectivity index (χ4v) is 2.47. The smallest absolute Gasteiger partial charge is 0.254 e. The van der Waals surface area contributed by atoms with E-state index in [9.17, 15) is 9.59 Å². The number of carbonyl (C=O) groups excluding carboxylic acids is 2. The van der Waals surface area contributed by atoms with E-state index in [1.54, 1.807) is 18.2 Å². The number of amides is 2. The SMILES string of the molecule is CCNC(=O)CN(CC)C(=O)c1cc(Cl)cc(Br)c1. The Balaban J connectivity index is 2.86. The molecular formula is C13H16BrClN2O2. The van der Waals surface area contributed by atoms with Gasteiger partial charge < -0.3 is 10.2 Å². The highest BCUT2D eigenvalue weighted by Gasteiger charge is 2.17. The first kappa shape index (κ1) is 16.0. The lowest BCUT2D eigenvalue weighted by molar-refractivity contribution is -0.121. The molecule has 0 saturated carbocycles. The van der Waals surface area contributed by atoms with Crippen molar-refractivity contribution in [1.29, 1.82) is 0 Å². The van der Waals surface area contributed by atoms with Gasteiger partial charge in [0.05, 0.1) is 6.54 Å². The molecule has 104 valence electrons. The van der Waals surface area contributed by atoms with Gasteiger partial charge in [0, 0.05) is 28.1 Å². The first-order valence-electron chi connectivity index (χ1n) is 6.00. The van der Waals surface area contributed by atoms with Crippen molar-refractivity contribution in [3.8, 4) is 0 Å². The number of hydrogen-bond acceptors (Lipinski definition) is 2.